The number of amides is 1. The molecule has 1 atom stereocenters. The molecule has 1 unspecified atom stereocenters. The summed E-state index contributed by atoms with van der Waals surface area (Å²) >= 11 is 0. The van der Waals surface area contributed by atoms with E-state index in [1.165, 1.54) is 0 Å². The van der Waals surface area contributed by atoms with E-state index in [-0.39, 0.29) is 11.8 Å². The molecule has 3 N–H and O–H groups in total. The van der Waals surface area contributed by atoms with Gasteiger partial charge >= 0.3 is 5.97 Å². The second-order valence-electron chi connectivity index (χ2n) is 5.48. The van der Waals surface area contributed by atoms with Crippen molar-refractivity contribution in [2.75, 3.05) is 13.1 Å². The highest BCUT2D eigenvalue weighted by Gasteiger charge is 2.42. The predicted molar refractivity (Wildman–Crippen MR) is 67.2 cm³/mol. The summed E-state index contributed by atoms with van der Waals surface area (Å²) in [6.07, 6.45) is 5.80. The molecule has 1 saturated heterocycles. The molecule has 1 aliphatic carbocycles. The van der Waals surface area contributed by atoms with E-state index in [4.69, 9.17) is 0 Å². The van der Waals surface area contributed by atoms with Crippen LogP contribution in [0.4, 0.5) is 0 Å². The number of nitrogens with one attached hydrogen (secondary N) is 2. The van der Waals surface area contributed by atoms with Gasteiger partial charge in [-0.2, -0.15) is 0 Å². The first kappa shape index (κ1) is 13.3. The van der Waals surface area contributed by atoms with Crippen LogP contribution in [0, 0.1) is 5.92 Å². The second-order valence-corrected chi connectivity index (χ2v) is 5.48. The zero-order chi connectivity index (χ0) is 13.0. The lowest BCUT2D eigenvalue weighted by Gasteiger charge is -2.35. The molecule has 1 heterocycles. The van der Waals surface area contributed by atoms with Crippen molar-refractivity contribution < 1.29 is 14.7 Å². The number of hydrogen-bond donors (Lipinski definition) is 3. The van der Waals surface area contributed by atoms with Crippen molar-refractivity contribution in [2.24, 2.45) is 5.92 Å². The van der Waals surface area contributed by atoms with Crippen LogP contribution >= 0.6 is 0 Å². The molecule has 2 fully saturated rings. The van der Waals surface area contributed by atoms with Crippen molar-refractivity contribution in [3.8, 4) is 0 Å². The van der Waals surface area contributed by atoms with Gasteiger partial charge < -0.3 is 15.7 Å². The first-order valence-corrected chi connectivity index (χ1v) is 6.90. The number of piperidine rings is 1. The number of carboxylic acids is 1. The van der Waals surface area contributed by atoms with Gasteiger partial charge in [-0.25, -0.2) is 4.79 Å². The van der Waals surface area contributed by atoms with Crippen molar-refractivity contribution in [3.63, 3.8) is 0 Å². The van der Waals surface area contributed by atoms with E-state index in [1.54, 1.807) is 0 Å². The smallest absolute Gasteiger partial charge is 0.329 e. The van der Waals surface area contributed by atoms with Crippen LogP contribution in [0.3, 0.4) is 0 Å². The summed E-state index contributed by atoms with van der Waals surface area (Å²) in [6, 6.07) is 0. The summed E-state index contributed by atoms with van der Waals surface area (Å²) in [5, 5.41) is 15.4. The average Bonchev–Trinajstić information content (AvgIpc) is 2.40. The zero-order valence-electron chi connectivity index (χ0n) is 10.7. The molecule has 2 rings (SSSR count). The first-order valence-electron chi connectivity index (χ1n) is 6.90. The largest absolute Gasteiger partial charge is 0.480 e. The fourth-order valence-corrected chi connectivity index (χ4v) is 2.96. The Morgan fingerprint density at radius 3 is 2.44 bits per heavy atom. The molecule has 1 saturated carbocycles. The average molecular weight is 254 g/mol. The predicted octanol–water partition coefficient (Wildman–Crippen LogP) is 0.890. The topological polar surface area (TPSA) is 78.4 Å². The zero-order valence-corrected chi connectivity index (χ0v) is 10.7. The quantitative estimate of drug-likeness (QED) is 0.699. The monoisotopic (exact) mass is 254 g/mol. The number of rotatable bonds is 3. The molecule has 2 aliphatic rings. The van der Waals surface area contributed by atoms with Gasteiger partial charge in [0.1, 0.15) is 5.54 Å². The van der Waals surface area contributed by atoms with Gasteiger partial charge in [0.2, 0.25) is 5.91 Å². The van der Waals surface area contributed by atoms with Crippen molar-refractivity contribution in [3.05, 3.63) is 0 Å². The molecule has 18 heavy (non-hydrogen) atoms. The molecule has 0 spiro atoms. The van der Waals surface area contributed by atoms with E-state index in [0.29, 0.717) is 19.4 Å². The Kier molecular flexibility index (Phi) is 4.22. The maximum atomic E-state index is 12.2. The van der Waals surface area contributed by atoms with Crippen molar-refractivity contribution >= 4 is 11.9 Å². The molecule has 0 aromatic rings. The summed E-state index contributed by atoms with van der Waals surface area (Å²) in [5.41, 5.74) is -1.01. The van der Waals surface area contributed by atoms with Crippen LogP contribution in [0.15, 0.2) is 0 Å². The van der Waals surface area contributed by atoms with E-state index < -0.39 is 11.5 Å². The van der Waals surface area contributed by atoms with Crippen LogP contribution < -0.4 is 10.6 Å². The van der Waals surface area contributed by atoms with Crippen LogP contribution in [0.5, 0.6) is 0 Å². The normalized spacial score (nSPS) is 27.4. The molecule has 5 heteroatoms. The van der Waals surface area contributed by atoms with E-state index >= 15 is 0 Å². The van der Waals surface area contributed by atoms with Gasteiger partial charge in [-0.05, 0) is 32.2 Å². The van der Waals surface area contributed by atoms with Crippen LogP contribution in [0.1, 0.15) is 44.9 Å². The number of carbonyl (C=O) groups excluding carboxylic acids is 1. The molecular formula is C13H22N2O3. The van der Waals surface area contributed by atoms with E-state index in [1.807, 2.05) is 0 Å². The molecule has 0 radical (unpaired) electrons. The van der Waals surface area contributed by atoms with Crippen molar-refractivity contribution in [2.45, 2.75) is 50.5 Å². The van der Waals surface area contributed by atoms with Gasteiger partial charge in [-0.1, -0.05) is 19.3 Å². The Balaban J connectivity index is 1.99. The minimum Gasteiger partial charge on any atom is -0.480 e. The molecule has 5 nitrogen and oxygen atoms in total. The summed E-state index contributed by atoms with van der Waals surface area (Å²) in [5.74, 6) is -1.04. The highest BCUT2D eigenvalue weighted by atomic mass is 16.4. The fourth-order valence-electron chi connectivity index (χ4n) is 2.96. The van der Waals surface area contributed by atoms with Crippen LogP contribution in [-0.2, 0) is 9.59 Å². The van der Waals surface area contributed by atoms with E-state index in [2.05, 4.69) is 10.6 Å². The lowest BCUT2D eigenvalue weighted by molar-refractivity contribution is -0.150. The number of carbonyl (C=O) groups is 2. The third-order valence-electron chi connectivity index (χ3n) is 4.15. The highest BCUT2D eigenvalue weighted by Crippen LogP contribution is 2.29. The van der Waals surface area contributed by atoms with Gasteiger partial charge in [0.25, 0.3) is 0 Å². The molecule has 0 aromatic carbocycles. The van der Waals surface area contributed by atoms with Gasteiger partial charge in [-0.3, -0.25) is 4.79 Å². The summed E-state index contributed by atoms with van der Waals surface area (Å²) in [6.45, 7) is 1.62. The minimum atomic E-state index is -1.01. The SMILES string of the molecule is O=C(NC1(C(=O)O)CCCCC1)C1CCCNC1. The number of hydrogen-bond acceptors (Lipinski definition) is 3. The van der Waals surface area contributed by atoms with Crippen LogP contribution in [-0.4, -0.2) is 35.6 Å². The van der Waals surface area contributed by atoms with Crippen LogP contribution in [0.25, 0.3) is 0 Å². The van der Waals surface area contributed by atoms with Gasteiger partial charge in [0, 0.05) is 6.54 Å². The third-order valence-corrected chi connectivity index (χ3v) is 4.15. The summed E-state index contributed by atoms with van der Waals surface area (Å²) in [4.78, 5) is 23.6. The summed E-state index contributed by atoms with van der Waals surface area (Å²) in [7, 11) is 0. The molecule has 102 valence electrons. The standard InChI is InChI=1S/C13H22N2O3/c16-11(10-5-4-8-14-9-10)15-13(12(17)18)6-2-1-3-7-13/h10,14H,1-9H2,(H,15,16)(H,17,18). The van der Waals surface area contributed by atoms with E-state index in [9.17, 15) is 14.7 Å². The van der Waals surface area contributed by atoms with Gasteiger partial charge in [0.05, 0.1) is 5.92 Å². The van der Waals surface area contributed by atoms with E-state index in [0.717, 1.165) is 38.6 Å². The lowest BCUT2D eigenvalue weighted by atomic mass is 9.81. The highest BCUT2D eigenvalue weighted by molar-refractivity contribution is 5.88. The van der Waals surface area contributed by atoms with Gasteiger partial charge in [-0.15, -0.1) is 0 Å². The lowest BCUT2D eigenvalue weighted by Crippen LogP contribution is -2.58. The molecule has 1 amide bonds. The Labute approximate surface area is 107 Å². The Morgan fingerprint density at radius 1 is 1.17 bits per heavy atom. The number of aliphatic carboxylic acids is 1. The third kappa shape index (κ3) is 2.83. The Bertz CT molecular complexity index is 318. The molecule has 0 bridgehead atoms. The maximum absolute atomic E-state index is 12.2. The second kappa shape index (κ2) is 5.69. The van der Waals surface area contributed by atoms with Crippen molar-refractivity contribution in [1.29, 1.82) is 0 Å². The minimum absolute atomic E-state index is 0.0723. The Morgan fingerprint density at radius 2 is 1.89 bits per heavy atom. The van der Waals surface area contributed by atoms with Crippen molar-refractivity contribution in [1.82, 2.24) is 10.6 Å². The Hall–Kier alpha value is -1.10. The molecule has 0 aromatic heterocycles. The van der Waals surface area contributed by atoms with Crippen LogP contribution in [0.2, 0.25) is 0 Å². The maximum Gasteiger partial charge on any atom is 0.329 e. The molecule has 1 aliphatic heterocycles. The summed E-state index contributed by atoms with van der Waals surface area (Å²) < 4.78 is 0. The number of carboxylic acid groups (broad SMARTS) is 1. The first-order chi connectivity index (χ1) is 8.64. The van der Waals surface area contributed by atoms with Gasteiger partial charge in [0.15, 0.2) is 0 Å². The fraction of sp³-hybridized carbons (Fsp3) is 0.846. The molecular weight excluding hydrogens is 232 g/mol.